The molecular formula is C26H27FN6O4. The lowest BCUT2D eigenvalue weighted by Crippen LogP contribution is -2.41. The number of carbonyl (C=O) groups excluding carboxylic acids is 1. The summed E-state index contributed by atoms with van der Waals surface area (Å²) in [6, 6.07) is 10.2. The van der Waals surface area contributed by atoms with Crippen molar-refractivity contribution >= 4 is 17.5 Å². The summed E-state index contributed by atoms with van der Waals surface area (Å²) in [6.07, 6.45) is 4.93. The van der Waals surface area contributed by atoms with Crippen molar-refractivity contribution in [3.05, 3.63) is 66.5 Å². The van der Waals surface area contributed by atoms with Gasteiger partial charge in [0.05, 0.1) is 37.7 Å². The SMILES string of the molecule is O=C1O[C@@H](Cn2cccn2)CN1c1ccc(-c2ccc(C3=NO[C@@H](CN4CCOCC4)C3)nc2)c(F)c1. The molecule has 0 saturated carbocycles. The minimum Gasteiger partial charge on any atom is -0.442 e. The van der Waals surface area contributed by atoms with Crippen LogP contribution in [0.2, 0.25) is 0 Å². The summed E-state index contributed by atoms with van der Waals surface area (Å²) >= 11 is 0. The van der Waals surface area contributed by atoms with E-state index in [0.717, 1.165) is 38.6 Å². The van der Waals surface area contributed by atoms with E-state index in [1.165, 1.54) is 11.0 Å². The third kappa shape index (κ3) is 5.18. The van der Waals surface area contributed by atoms with Crippen molar-refractivity contribution in [2.45, 2.75) is 25.2 Å². The molecule has 0 radical (unpaired) electrons. The number of oxime groups is 1. The molecule has 2 atom stereocenters. The fourth-order valence-electron chi connectivity index (χ4n) is 4.82. The first-order valence-corrected chi connectivity index (χ1v) is 12.4. The number of morpholine rings is 1. The lowest BCUT2D eigenvalue weighted by molar-refractivity contribution is -0.0000402. The number of nitrogens with zero attached hydrogens (tertiary/aromatic N) is 6. The van der Waals surface area contributed by atoms with Crippen LogP contribution < -0.4 is 4.90 Å². The Kier molecular flexibility index (Phi) is 6.54. The van der Waals surface area contributed by atoms with E-state index in [9.17, 15) is 4.79 Å². The second-order valence-corrected chi connectivity index (χ2v) is 9.32. The van der Waals surface area contributed by atoms with Crippen molar-refractivity contribution in [2.75, 3.05) is 44.3 Å². The molecule has 3 aromatic rings. The molecule has 2 saturated heterocycles. The van der Waals surface area contributed by atoms with Crippen LogP contribution in [0, 0.1) is 5.82 Å². The monoisotopic (exact) mass is 506 g/mol. The van der Waals surface area contributed by atoms with E-state index in [2.05, 4.69) is 20.1 Å². The summed E-state index contributed by atoms with van der Waals surface area (Å²) in [6.45, 7) is 4.86. The predicted octanol–water partition coefficient (Wildman–Crippen LogP) is 2.93. The number of halogens is 1. The number of rotatable bonds is 7. The van der Waals surface area contributed by atoms with Gasteiger partial charge in [0.2, 0.25) is 0 Å². The van der Waals surface area contributed by atoms with Gasteiger partial charge in [0.1, 0.15) is 23.7 Å². The van der Waals surface area contributed by atoms with E-state index in [4.69, 9.17) is 14.3 Å². The van der Waals surface area contributed by atoms with Crippen molar-refractivity contribution < 1.29 is 23.5 Å². The van der Waals surface area contributed by atoms with Crippen LogP contribution in [0.25, 0.3) is 11.1 Å². The van der Waals surface area contributed by atoms with E-state index in [-0.39, 0.29) is 12.2 Å². The largest absolute Gasteiger partial charge is 0.442 e. The van der Waals surface area contributed by atoms with E-state index < -0.39 is 11.9 Å². The first-order valence-electron chi connectivity index (χ1n) is 12.4. The molecule has 5 heterocycles. The van der Waals surface area contributed by atoms with Crippen molar-refractivity contribution in [2.24, 2.45) is 5.16 Å². The molecule has 10 nitrogen and oxygen atoms in total. The Morgan fingerprint density at radius 2 is 1.97 bits per heavy atom. The minimum atomic E-state index is -0.498. The average molecular weight is 507 g/mol. The van der Waals surface area contributed by atoms with Gasteiger partial charge in [-0.3, -0.25) is 19.5 Å². The number of aromatic nitrogens is 3. The van der Waals surface area contributed by atoms with Crippen LogP contribution in [0.3, 0.4) is 0 Å². The number of hydrogen-bond acceptors (Lipinski definition) is 8. The summed E-state index contributed by atoms with van der Waals surface area (Å²) in [5.74, 6) is -0.442. The molecule has 0 N–H and O–H groups in total. The summed E-state index contributed by atoms with van der Waals surface area (Å²) in [7, 11) is 0. The lowest BCUT2D eigenvalue weighted by Gasteiger charge is -2.27. The normalized spacial score (nSPS) is 22.1. The molecule has 2 aromatic heterocycles. The van der Waals surface area contributed by atoms with Gasteiger partial charge in [-0.05, 0) is 30.3 Å². The number of ether oxygens (including phenoxy) is 2. The van der Waals surface area contributed by atoms with Gasteiger partial charge in [0.25, 0.3) is 0 Å². The first kappa shape index (κ1) is 23.6. The maximum Gasteiger partial charge on any atom is 0.414 e. The van der Waals surface area contributed by atoms with Gasteiger partial charge >= 0.3 is 6.09 Å². The zero-order valence-corrected chi connectivity index (χ0v) is 20.2. The Hall–Kier alpha value is -3.83. The highest BCUT2D eigenvalue weighted by atomic mass is 19.1. The van der Waals surface area contributed by atoms with Crippen LogP contribution in [0.1, 0.15) is 12.1 Å². The van der Waals surface area contributed by atoms with Crippen molar-refractivity contribution in [3.63, 3.8) is 0 Å². The third-order valence-electron chi connectivity index (χ3n) is 6.76. The smallest absolute Gasteiger partial charge is 0.414 e. The highest BCUT2D eigenvalue weighted by molar-refractivity contribution is 5.99. The summed E-state index contributed by atoms with van der Waals surface area (Å²) in [4.78, 5) is 26.3. The Morgan fingerprint density at radius 1 is 1.08 bits per heavy atom. The Bertz CT molecular complexity index is 1280. The van der Waals surface area contributed by atoms with Gasteiger partial charge < -0.3 is 14.3 Å². The number of pyridine rings is 1. The maximum atomic E-state index is 15.1. The third-order valence-corrected chi connectivity index (χ3v) is 6.76. The van der Waals surface area contributed by atoms with Gasteiger partial charge in [-0.15, -0.1) is 0 Å². The highest BCUT2D eigenvalue weighted by Gasteiger charge is 2.33. The number of amides is 1. The molecule has 11 heteroatoms. The molecule has 0 bridgehead atoms. The molecule has 1 amide bonds. The second kappa shape index (κ2) is 10.3. The highest BCUT2D eigenvalue weighted by Crippen LogP contribution is 2.29. The number of hydrogen-bond donors (Lipinski definition) is 0. The molecule has 37 heavy (non-hydrogen) atoms. The van der Waals surface area contributed by atoms with Crippen LogP contribution >= 0.6 is 0 Å². The van der Waals surface area contributed by atoms with Crippen molar-refractivity contribution in [3.8, 4) is 11.1 Å². The van der Waals surface area contributed by atoms with Crippen molar-refractivity contribution in [1.82, 2.24) is 19.7 Å². The van der Waals surface area contributed by atoms with Crippen LogP contribution in [-0.2, 0) is 20.9 Å². The number of benzene rings is 1. The fourth-order valence-corrected chi connectivity index (χ4v) is 4.82. The van der Waals surface area contributed by atoms with E-state index in [1.807, 2.05) is 18.2 Å². The number of cyclic esters (lactones) is 1. The summed E-state index contributed by atoms with van der Waals surface area (Å²) in [5, 5.41) is 8.37. The standard InChI is InChI=1S/C26H27FN6O4/c27-23-12-19(33-17-21(36-26(33)34)16-32-7-1-6-29-32)3-4-22(23)18-2-5-24(28-14-18)25-13-20(37-30-25)15-31-8-10-35-11-9-31/h1-7,12,14,20-21H,8-11,13,15-17H2/t20-,21+/m1/s1. The van der Waals surface area contributed by atoms with Gasteiger partial charge in [0.15, 0.2) is 0 Å². The number of anilines is 1. The van der Waals surface area contributed by atoms with E-state index in [1.54, 1.807) is 35.4 Å². The average Bonchev–Trinajstić information content (AvgIpc) is 3.67. The van der Waals surface area contributed by atoms with Gasteiger partial charge in [-0.2, -0.15) is 5.10 Å². The van der Waals surface area contributed by atoms with Gasteiger partial charge in [-0.1, -0.05) is 11.2 Å². The molecule has 1 aromatic carbocycles. The molecule has 0 unspecified atom stereocenters. The molecule has 2 fully saturated rings. The Balaban J connectivity index is 1.09. The van der Waals surface area contributed by atoms with Crippen LogP contribution in [0.4, 0.5) is 14.9 Å². The quantitative estimate of drug-likeness (QED) is 0.486. The summed E-state index contributed by atoms with van der Waals surface area (Å²) < 4.78 is 27.6. The topological polar surface area (TPSA) is 94.3 Å². The maximum absolute atomic E-state index is 15.1. The van der Waals surface area contributed by atoms with Gasteiger partial charge in [-0.25, -0.2) is 9.18 Å². The molecule has 6 rings (SSSR count). The van der Waals surface area contributed by atoms with E-state index >= 15 is 4.39 Å². The molecule has 0 spiro atoms. The zero-order chi connectivity index (χ0) is 25.2. The Morgan fingerprint density at radius 3 is 2.73 bits per heavy atom. The van der Waals surface area contributed by atoms with Crippen LogP contribution in [-0.4, -0.2) is 83.1 Å². The molecule has 3 aliphatic rings. The molecule has 192 valence electrons. The van der Waals surface area contributed by atoms with E-state index in [0.29, 0.717) is 42.0 Å². The fraction of sp³-hybridized carbons (Fsp3) is 0.385. The van der Waals surface area contributed by atoms with Crippen LogP contribution in [0.15, 0.2) is 60.1 Å². The summed E-state index contributed by atoms with van der Waals surface area (Å²) in [5.41, 5.74) is 2.99. The lowest BCUT2D eigenvalue weighted by atomic mass is 10.0. The van der Waals surface area contributed by atoms with Gasteiger partial charge in [0, 0.05) is 55.8 Å². The zero-order valence-electron chi connectivity index (χ0n) is 20.2. The predicted molar refractivity (Wildman–Crippen MR) is 133 cm³/mol. The van der Waals surface area contributed by atoms with Crippen molar-refractivity contribution in [1.29, 1.82) is 0 Å². The minimum absolute atomic E-state index is 0.00372. The Labute approximate surface area is 213 Å². The second-order valence-electron chi connectivity index (χ2n) is 9.32. The van der Waals surface area contributed by atoms with Crippen LogP contribution in [0.5, 0.6) is 0 Å². The molecular weight excluding hydrogens is 479 g/mol. The molecule has 3 aliphatic heterocycles. The molecule has 0 aliphatic carbocycles. The first-order chi connectivity index (χ1) is 18.1. The number of carbonyl (C=O) groups is 1.